The van der Waals surface area contributed by atoms with Crippen molar-refractivity contribution in [3.05, 3.63) is 42.2 Å². The van der Waals surface area contributed by atoms with Crippen molar-refractivity contribution < 1.29 is 38.4 Å². The maximum absolute atomic E-state index is 13.3. The summed E-state index contributed by atoms with van der Waals surface area (Å²) in [6.07, 6.45) is 15.3. The van der Waals surface area contributed by atoms with E-state index in [2.05, 4.69) is 19.9 Å². The van der Waals surface area contributed by atoms with E-state index in [1.54, 1.807) is 0 Å². The van der Waals surface area contributed by atoms with Gasteiger partial charge in [0, 0.05) is 18.1 Å². The van der Waals surface area contributed by atoms with Crippen LogP contribution in [0.3, 0.4) is 0 Å². The number of hydrogen-bond donors (Lipinski definition) is 1. The number of hydrogen-bond acceptors (Lipinski definition) is 2. The molecule has 1 heterocycles. The Morgan fingerprint density at radius 1 is 1.07 bits per heavy atom. The number of aliphatic hydroxyl groups excluding tert-OH is 1. The highest BCUT2D eigenvalue weighted by Gasteiger charge is 2.59. The molecule has 0 spiro atoms. The van der Waals surface area contributed by atoms with Crippen molar-refractivity contribution in [3.8, 4) is 0 Å². The van der Waals surface area contributed by atoms with Crippen molar-refractivity contribution in [1.82, 2.24) is 0 Å². The van der Waals surface area contributed by atoms with Crippen LogP contribution in [0.15, 0.2) is 42.2 Å². The highest BCUT2D eigenvalue weighted by Crippen LogP contribution is 2.66. The van der Waals surface area contributed by atoms with Crippen molar-refractivity contribution in [2.24, 2.45) is 34.5 Å². The molecule has 3 nitrogen and oxygen atoms in total. The van der Waals surface area contributed by atoms with Crippen LogP contribution in [0, 0.1) is 34.5 Å². The van der Waals surface area contributed by atoms with Crippen LogP contribution in [0.5, 0.6) is 0 Å². The molecule has 3 saturated carbocycles. The van der Waals surface area contributed by atoms with Crippen molar-refractivity contribution in [2.45, 2.75) is 77.9 Å². The SMILES string of the molecule is C[C@]12CC[C@H]3[C@@H](CC=C4CC(O)CC[C@@]43C)[C@@H]1CC[C@@H]2[14C](=O)C[n+]1ccccc1.[I-]. The van der Waals surface area contributed by atoms with Gasteiger partial charge in [0.2, 0.25) is 12.3 Å². The topological polar surface area (TPSA) is 41.2 Å². The Bertz CT molecular complexity index is 824. The number of aliphatic hydroxyl groups is 1. The van der Waals surface area contributed by atoms with Crippen molar-refractivity contribution in [3.63, 3.8) is 0 Å². The summed E-state index contributed by atoms with van der Waals surface area (Å²) in [5.41, 5.74) is 1.99. The fraction of sp³-hybridized carbons (Fsp3) is 0.692. The molecule has 1 aromatic heterocycles. The zero-order chi connectivity index (χ0) is 20.2. The van der Waals surface area contributed by atoms with E-state index in [-0.39, 0.29) is 46.8 Å². The fourth-order valence-corrected chi connectivity index (χ4v) is 8.00. The Morgan fingerprint density at radius 3 is 2.60 bits per heavy atom. The van der Waals surface area contributed by atoms with E-state index < -0.39 is 0 Å². The lowest BCUT2D eigenvalue weighted by molar-refractivity contribution is -0.684. The summed E-state index contributed by atoms with van der Waals surface area (Å²) in [7, 11) is 0. The number of rotatable bonds is 3. The number of carbonyl (C=O) groups excluding carboxylic acids is 1. The molecular weight excluding hydrogens is 487 g/mol. The van der Waals surface area contributed by atoms with Crippen LogP contribution in [0.2, 0.25) is 0 Å². The summed E-state index contributed by atoms with van der Waals surface area (Å²) >= 11 is 0. The molecule has 0 aromatic carbocycles. The Balaban J connectivity index is 0.00000218. The summed E-state index contributed by atoms with van der Waals surface area (Å²) in [5, 5.41) is 10.2. The van der Waals surface area contributed by atoms with Crippen molar-refractivity contribution >= 4 is 5.78 Å². The second kappa shape index (κ2) is 8.31. The van der Waals surface area contributed by atoms with Crippen LogP contribution in [-0.2, 0) is 11.3 Å². The van der Waals surface area contributed by atoms with Gasteiger partial charge in [0.25, 0.3) is 0 Å². The highest BCUT2D eigenvalue weighted by atomic mass is 127. The van der Waals surface area contributed by atoms with Gasteiger partial charge in [-0.2, -0.15) is 4.57 Å². The number of aromatic nitrogens is 1. The van der Waals surface area contributed by atoms with E-state index >= 15 is 0 Å². The molecule has 164 valence electrons. The molecular formula is C26H36INO2. The Kier molecular flexibility index (Phi) is 6.22. The minimum Gasteiger partial charge on any atom is -1.00 e. The number of fused-ring (bicyclic) bond motifs is 5. The molecule has 5 rings (SSSR count). The molecule has 7 atom stereocenters. The molecule has 1 N–H and O–H groups in total. The summed E-state index contributed by atoms with van der Waals surface area (Å²) in [5.74, 6) is 2.79. The van der Waals surface area contributed by atoms with Gasteiger partial charge < -0.3 is 29.1 Å². The summed E-state index contributed by atoms with van der Waals surface area (Å²) < 4.78 is 2.04. The molecule has 0 radical (unpaired) electrons. The zero-order valence-corrected chi connectivity index (χ0v) is 20.6. The first kappa shape index (κ1) is 22.4. The van der Waals surface area contributed by atoms with E-state index in [1.165, 1.54) is 24.8 Å². The Labute approximate surface area is 198 Å². The average molecular weight is 523 g/mol. The van der Waals surface area contributed by atoms with Gasteiger partial charge >= 0.3 is 0 Å². The maximum atomic E-state index is 13.3. The third-order valence-electron chi connectivity index (χ3n) is 9.58. The molecule has 1 unspecified atom stereocenters. The van der Waals surface area contributed by atoms with Gasteiger partial charge in [-0.1, -0.05) is 31.6 Å². The summed E-state index contributed by atoms with van der Waals surface area (Å²) in [6.45, 7) is 5.43. The van der Waals surface area contributed by atoms with E-state index in [0.29, 0.717) is 18.2 Å². The first-order valence-electron chi connectivity index (χ1n) is 11.8. The third-order valence-corrected chi connectivity index (χ3v) is 9.58. The smallest absolute Gasteiger partial charge is 0.206 e. The maximum Gasteiger partial charge on any atom is 0.206 e. The standard InChI is InChI=1S/C26H36NO2.HI/c1-25-12-10-19(28)16-18(25)6-7-20-21-8-9-23(26(21,2)13-11-22(20)25)24(29)17-27-14-4-3-5-15-27;/h3-6,14-15,19-23,28H,7-13,16-17H2,1-2H3;1H/q+1;/p-1/t19?,20-,21-,22-,23+,25-,26-;/m0./s1/i24+2;. The van der Waals surface area contributed by atoms with Crippen molar-refractivity contribution in [1.29, 1.82) is 0 Å². The largest absolute Gasteiger partial charge is 1.00 e. The number of nitrogens with zero attached hydrogens (tertiary/aromatic N) is 1. The number of Topliss-reactive ketones (excluding diaryl/α,β-unsaturated/α-hetero) is 1. The van der Waals surface area contributed by atoms with Crippen LogP contribution in [0.25, 0.3) is 0 Å². The highest BCUT2D eigenvalue weighted by molar-refractivity contribution is 5.81. The van der Waals surface area contributed by atoms with E-state index in [9.17, 15) is 9.90 Å². The monoisotopic (exact) mass is 523 g/mol. The third kappa shape index (κ3) is 3.50. The lowest BCUT2D eigenvalue weighted by atomic mass is 9.48. The summed E-state index contributed by atoms with van der Waals surface area (Å²) in [6, 6.07) is 6.02. The van der Waals surface area contributed by atoms with Gasteiger partial charge in [-0.25, -0.2) is 0 Å². The van der Waals surface area contributed by atoms with Gasteiger partial charge in [0.1, 0.15) is 0 Å². The minimum atomic E-state index is -0.135. The van der Waals surface area contributed by atoms with Gasteiger partial charge in [-0.3, -0.25) is 4.79 Å². The molecule has 4 aliphatic rings. The Hall–Kier alpha value is -0.750. The zero-order valence-electron chi connectivity index (χ0n) is 18.4. The van der Waals surface area contributed by atoms with Gasteiger partial charge in [0.05, 0.1) is 6.10 Å². The average Bonchev–Trinajstić information content (AvgIpc) is 3.06. The fourth-order valence-electron chi connectivity index (χ4n) is 8.00. The lowest BCUT2D eigenvalue weighted by Crippen LogP contribution is -3.00. The lowest BCUT2D eigenvalue weighted by Gasteiger charge is -2.57. The molecule has 30 heavy (non-hydrogen) atoms. The second-order valence-corrected chi connectivity index (χ2v) is 10.8. The quantitative estimate of drug-likeness (QED) is 0.371. The number of carbonyl (C=O) groups is 1. The van der Waals surface area contributed by atoms with Crippen LogP contribution >= 0.6 is 0 Å². The van der Waals surface area contributed by atoms with Gasteiger partial charge in [-0.15, -0.1) is 0 Å². The van der Waals surface area contributed by atoms with Gasteiger partial charge in [0.15, 0.2) is 12.4 Å². The number of pyridine rings is 1. The molecule has 0 bridgehead atoms. The molecule has 0 amide bonds. The molecule has 3 fully saturated rings. The molecule has 4 aliphatic carbocycles. The number of ketones is 1. The predicted molar refractivity (Wildman–Crippen MR) is 113 cm³/mol. The van der Waals surface area contributed by atoms with E-state index in [1.807, 2.05) is 35.2 Å². The van der Waals surface area contributed by atoms with Crippen LogP contribution < -0.4 is 28.5 Å². The second-order valence-electron chi connectivity index (χ2n) is 10.8. The minimum absolute atomic E-state index is 0. The van der Waals surface area contributed by atoms with Crippen LogP contribution in [-0.4, -0.2) is 17.0 Å². The summed E-state index contributed by atoms with van der Waals surface area (Å²) in [4.78, 5) is 13.3. The predicted octanol–water partition coefficient (Wildman–Crippen LogP) is 1.49. The van der Waals surface area contributed by atoms with Crippen LogP contribution in [0.4, 0.5) is 0 Å². The molecule has 0 aliphatic heterocycles. The molecule has 1 aromatic rings. The molecule has 4 heteroatoms. The number of halogens is 1. The van der Waals surface area contributed by atoms with E-state index in [4.69, 9.17) is 0 Å². The Morgan fingerprint density at radius 2 is 1.83 bits per heavy atom. The van der Waals surface area contributed by atoms with E-state index in [0.717, 1.165) is 43.9 Å². The normalized spacial score (nSPS) is 42.2. The first-order valence-corrected chi connectivity index (χ1v) is 11.8. The molecule has 0 saturated heterocycles. The number of allylic oxidation sites excluding steroid dienone is 1. The van der Waals surface area contributed by atoms with Crippen molar-refractivity contribution in [2.75, 3.05) is 0 Å². The van der Waals surface area contributed by atoms with Crippen LogP contribution in [0.1, 0.15) is 65.2 Å². The van der Waals surface area contributed by atoms with Gasteiger partial charge in [-0.05, 0) is 80.0 Å². The first-order chi connectivity index (χ1) is 13.9.